The number of hydrogen-bond donors (Lipinski definition) is 1. The highest BCUT2D eigenvalue weighted by Gasteiger charge is 2.28. The Hall–Kier alpha value is -4.59. The second kappa shape index (κ2) is 9.22. The Labute approximate surface area is 206 Å². The molecule has 1 aliphatic carbocycles. The van der Waals surface area contributed by atoms with Gasteiger partial charge < -0.3 is 23.9 Å². The van der Waals surface area contributed by atoms with Crippen LogP contribution in [0.25, 0.3) is 22.6 Å². The first-order chi connectivity index (χ1) is 17.7. The van der Waals surface area contributed by atoms with E-state index in [-0.39, 0.29) is 19.9 Å². The smallest absolute Gasteiger partial charge is 0.339 e. The first-order valence-corrected chi connectivity index (χ1v) is 11.6. The normalized spacial score (nSPS) is 14.7. The van der Waals surface area contributed by atoms with Gasteiger partial charge in [-0.05, 0) is 65.9 Å². The maximum absolute atomic E-state index is 13.3. The number of hydrogen-bond acceptors (Lipinski definition) is 7. The number of benzene rings is 2. The largest absolute Gasteiger partial charge is 0.467 e. The van der Waals surface area contributed by atoms with E-state index >= 15 is 0 Å². The highest BCUT2D eigenvalue weighted by molar-refractivity contribution is 6.07. The van der Waals surface area contributed by atoms with Gasteiger partial charge in [-0.15, -0.1) is 0 Å². The lowest BCUT2D eigenvalue weighted by molar-refractivity contribution is -0.124. The summed E-state index contributed by atoms with van der Waals surface area (Å²) in [5.41, 5.74) is 4.77. The first-order valence-electron chi connectivity index (χ1n) is 11.6. The van der Waals surface area contributed by atoms with E-state index < -0.39 is 11.9 Å². The fourth-order valence-corrected chi connectivity index (χ4v) is 4.57. The Morgan fingerprint density at radius 2 is 1.92 bits per heavy atom. The number of rotatable bonds is 6. The Balaban J connectivity index is 1.27. The zero-order valence-electron chi connectivity index (χ0n) is 19.3. The van der Waals surface area contributed by atoms with Crippen molar-refractivity contribution >= 4 is 34.4 Å². The van der Waals surface area contributed by atoms with Crippen LogP contribution < -0.4 is 14.8 Å². The van der Waals surface area contributed by atoms with Crippen molar-refractivity contribution in [2.45, 2.75) is 19.4 Å². The summed E-state index contributed by atoms with van der Waals surface area (Å²) in [5.74, 6) is 1.12. The van der Waals surface area contributed by atoms with Crippen LogP contribution in [0.1, 0.15) is 39.4 Å². The molecule has 1 N–H and O–H groups in total. The molecule has 1 aliphatic heterocycles. The van der Waals surface area contributed by atoms with Crippen molar-refractivity contribution in [1.82, 2.24) is 10.3 Å². The molecule has 2 aromatic heterocycles. The van der Waals surface area contributed by atoms with Crippen LogP contribution in [-0.4, -0.2) is 30.3 Å². The maximum atomic E-state index is 13.3. The van der Waals surface area contributed by atoms with Crippen LogP contribution in [0, 0.1) is 0 Å². The fourth-order valence-electron chi connectivity index (χ4n) is 4.57. The van der Waals surface area contributed by atoms with Gasteiger partial charge in [-0.3, -0.25) is 4.79 Å². The number of aromatic nitrogens is 1. The lowest BCUT2D eigenvalue weighted by Crippen LogP contribution is -2.28. The lowest BCUT2D eigenvalue weighted by atomic mass is 10.0. The number of carbonyl (C=O) groups excluding carboxylic acids is 2. The molecule has 1 amide bonds. The second-order valence-corrected chi connectivity index (χ2v) is 8.55. The van der Waals surface area contributed by atoms with Gasteiger partial charge in [-0.25, -0.2) is 9.78 Å². The molecule has 0 saturated carbocycles. The SMILES string of the molecule is O=C(COC(=O)c1c2c(nc3ccccc13)/C(=C\c1ccc3c(c1)OCO3)CC2)NCc1ccco1. The Morgan fingerprint density at radius 1 is 1.03 bits per heavy atom. The topological polar surface area (TPSA) is 99.9 Å². The summed E-state index contributed by atoms with van der Waals surface area (Å²) in [6.07, 6.45) is 4.98. The molecule has 0 bridgehead atoms. The van der Waals surface area contributed by atoms with Crippen molar-refractivity contribution in [3.63, 3.8) is 0 Å². The number of amides is 1. The number of ether oxygens (including phenoxy) is 3. The van der Waals surface area contributed by atoms with Crippen molar-refractivity contribution in [3.05, 3.63) is 89.0 Å². The van der Waals surface area contributed by atoms with Crippen molar-refractivity contribution in [3.8, 4) is 11.5 Å². The average molecular weight is 482 g/mol. The molecule has 36 heavy (non-hydrogen) atoms. The number of pyridine rings is 1. The molecule has 0 radical (unpaired) electrons. The maximum Gasteiger partial charge on any atom is 0.339 e. The van der Waals surface area contributed by atoms with Crippen molar-refractivity contribution in [2.24, 2.45) is 0 Å². The van der Waals surface area contributed by atoms with Gasteiger partial charge in [0, 0.05) is 5.39 Å². The van der Waals surface area contributed by atoms with E-state index in [4.69, 9.17) is 23.6 Å². The minimum atomic E-state index is -0.540. The molecule has 8 nitrogen and oxygen atoms in total. The standard InChI is InChI=1S/C28H22N2O6/c31-25(29-14-19-4-3-11-33-19)15-34-28(32)26-20-5-1-2-6-22(20)30-27-18(8-9-21(26)27)12-17-7-10-23-24(13-17)36-16-35-23/h1-7,10-13H,8-9,14-16H2,(H,29,31)/b18-12-. The number of nitrogens with one attached hydrogen (secondary N) is 1. The lowest BCUT2D eigenvalue weighted by Gasteiger charge is -2.12. The van der Waals surface area contributed by atoms with E-state index in [1.807, 2.05) is 42.5 Å². The molecule has 0 unspecified atom stereocenters. The van der Waals surface area contributed by atoms with Crippen LogP contribution in [0.15, 0.2) is 65.3 Å². The molecule has 3 heterocycles. The van der Waals surface area contributed by atoms with Gasteiger partial charge in [0.15, 0.2) is 18.1 Å². The zero-order chi connectivity index (χ0) is 24.5. The van der Waals surface area contributed by atoms with E-state index in [0.29, 0.717) is 34.4 Å². The summed E-state index contributed by atoms with van der Waals surface area (Å²) in [6, 6.07) is 16.8. The fraction of sp³-hybridized carbons (Fsp3) is 0.179. The first kappa shape index (κ1) is 21.9. The van der Waals surface area contributed by atoms with Gasteiger partial charge >= 0.3 is 5.97 Å². The van der Waals surface area contributed by atoms with E-state index in [1.54, 1.807) is 12.1 Å². The van der Waals surface area contributed by atoms with Crippen molar-refractivity contribution < 1.29 is 28.2 Å². The van der Waals surface area contributed by atoms with Crippen molar-refractivity contribution in [2.75, 3.05) is 13.4 Å². The molecule has 0 spiro atoms. The molecule has 2 aliphatic rings. The molecule has 0 fully saturated rings. The van der Waals surface area contributed by atoms with Crippen molar-refractivity contribution in [1.29, 1.82) is 0 Å². The van der Waals surface area contributed by atoms with Crippen LogP contribution in [0.3, 0.4) is 0 Å². The molecule has 8 heteroatoms. The van der Waals surface area contributed by atoms with Crippen LogP contribution in [-0.2, 0) is 22.5 Å². The minimum Gasteiger partial charge on any atom is -0.467 e. The number of esters is 1. The molecule has 0 atom stereocenters. The van der Waals surface area contributed by atoms with Gasteiger partial charge in [0.05, 0.1) is 29.6 Å². The molecule has 180 valence electrons. The van der Waals surface area contributed by atoms with Crippen LogP contribution in [0.5, 0.6) is 11.5 Å². The minimum absolute atomic E-state index is 0.220. The second-order valence-electron chi connectivity index (χ2n) is 8.55. The summed E-state index contributed by atoms with van der Waals surface area (Å²) in [4.78, 5) is 30.4. The molecular weight excluding hydrogens is 460 g/mol. The Kier molecular flexibility index (Phi) is 5.61. The van der Waals surface area contributed by atoms with Gasteiger partial charge in [0.1, 0.15) is 5.76 Å². The van der Waals surface area contributed by atoms with E-state index in [2.05, 4.69) is 11.4 Å². The number of carbonyl (C=O) groups is 2. The molecule has 4 aromatic rings. The van der Waals surface area contributed by atoms with E-state index in [1.165, 1.54) is 6.26 Å². The van der Waals surface area contributed by atoms with Gasteiger partial charge in [0.2, 0.25) is 6.79 Å². The van der Waals surface area contributed by atoms with Crippen LogP contribution in [0.4, 0.5) is 0 Å². The van der Waals surface area contributed by atoms with E-state index in [9.17, 15) is 9.59 Å². The summed E-state index contributed by atoms with van der Waals surface area (Å²) in [7, 11) is 0. The quantitative estimate of drug-likeness (QED) is 0.404. The third-order valence-electron chi connectivity index (χ3n) is 6.26. The van der Waals surface area contributed by atoms with Gasteiger partial charge in [-0.2, -0.15) is 0 Å². The van der Waals surface area contributed by atoms with Gasteiger partial charge in [0.25, 0.3) is 5.91 Å². The number of fused-ring (bicyclic) bond motifs is 3. The van der Waals surface area contributed by atoms with Crippen LogP contribution >= 0.6 is 0 Å². The van der Waals surface area contributed by atoms with Crippen LogP contribution in [0.2, 0.25) is 0 Å². The number of furan rings is 1. The average Bonchev–Trinajstić information content (AvgIpc) is 3.66. The molecule has 6 rings (SSSR count). The number of para-hydroxylation sites is 1. The predicted molar refractivity (Wildman–Crippen MR) is 131 cm³/mol. The van der Waals surface area contributed by atoms with Gasteiger partial charge in [-0.1, -0.05) is 24.3 Å². The summed E-state index contributed by atoms with van der Waals surface area (Å²) < 4.78 is 21.5. The highest BCUT2D eigenvalue weighted by Crippen LogP contribution is 2.39. The highest BCUT2D eigenvalue weighted by atomic mass is 16.7. The number of allylic oxidation sites excluding steroid dienone is 1. The molecular formula is C28H22N2O6. The monoisotopic (exact) mass is 482 g/mol. The predicted octanol–water partition coefficient (Wildman–Crippen LogP) is 4.52. The molecule has 0 saturated heterocycles. The summed E-state index contributed by atoms with van der Waals surface area (Å²) in [5, 5.41) is 3.39. The summed E-state index contributed by atoms with van der Waals surface area (Å²) in [6.45, 7) is 0.0634. The number of nitrogens with zero attached hydrogens (tertiary/aromatic N) is 1. The Bertz CT molecular complexity index is 1510. The molecule has 2 aromatic carbocycles. The third-order valence-corrected chi connectivity index (χ3v) is 6.26. The Morgan fingerprint density at radius 3 is 2.81 bits per heavy atom. The zero-order valence-corrected chi connectivity index (χ0v) is 19.3. The van der Waals surface area contributed by atoms with E-state index in [0.717, 1.165) is 34.6 Å². The third kappa shape index (κ3) is 4.17. The summed E-state index contributed by atoms with van der Waals surface area (Å²) >= 11 is 0.